The minimum absolute atomic E-state index is 0.195. The summed E-state index contributed by atoms with van der Waals surface area (Å²) >= 11 is 0. The number of hydrogen-bond donors (Lipinski definition) is 0. The van der Waals surface area contributed by atoms with Gasteiger partial charge in [-0.15, -0.1) is 0 Å². The summed E-state index contributed by atoms with van der Waals surface area (Å²) in [6.07, 6.45) is -0.863. The first-order chi connectivity index (χ1) is 15.5. The predicted molar refractivity (Wildman–Crippen MR) is 114 cm³/mol. The number of aromatic nitrogens is 4. The number of hydrogen-bond acceptors (Lipinski definition) is 5. The largest absolute Gasteiger partial charge is 0.416 e. The van der Waals surface area contributed by atoms with Crippen molar-refractivity contribution in [3.8, 4) is 11.3 Å². The van der Waals surface area contributed by atoms with Crippen LogP contribution in [0.5, 0.6) is 0 Å². The molecule has 5 rings (SSSR count). The van der Waals surface area contributed by atoms with Gasteiger partial charge in [-0.25, -0.2) is 9.50 Å². The van der Waals surface area contributed by atoms with Crippen molar-refractivity contribution in [3.05, 3.63) is 77.9 Å². The maximum absolute atomic E-state index is 13.0. The fraction of sp³-hybridized carbons (Fsp3) is 0.261. The second-order valence-electron chi connectivity index (χ2n) is 7.59. The molecule has 6 nitrogen and oxygen atoms in total. The first kappa shape index (κ1) is 20.4. The van der Waals surface area contributed by atoms with E-state index in [1.165, 1.54) is 6.07 Å². The van der Waals surface area contributed by atoms with Crippen LogP contribution in [-0.2, 0) is 17.3 Å². The van der Waals surface area contributed by atoms with E-state index in [2.05, 4.69) is 20.0 Å². The molecule has 164 valence electrons. The van der Waals surface area contributed by atoms with Gasteiger partial charge in [-0.2, -0.15) is 18.3 Å². The maximum atomic E-state index is 13.0. The monoisotopic (exact) mass is 439 g/mol. The zero-order valence-electron chi connectivity index (χ0n) is 17.1. The average molecular weight is 439 g/mol. The van der Waals surface area contributed by atoms with Crippen molar-refractivity contribution in [1.29, 1.82) is 0 Å². The van der Waals surface area contributed by atoms with Gasteiger partial charge < -0.3 is 9.64 Å². The number of rotatable bonds is 4. The quantitative estimate of drug-likeness (QED) is 0.476. The normalized spacial score (nSPS) is 14.8. The molecule has 1 aliphatic rings. The molecule has 0 aliphatic carbocycles. The Kier molecular flexibility index (Phi) is 5.26. The van der Waals surface area contributed by atoms with Crippen molar-refractivity contribution in [1.82, 2.24) is 19.6 Å². The van der Waals surface area contributed by atoms with Gasteiger partial charge in [0.1, 0.15) is 5.69 Å². The number of fused-ring (bicyclic) bond motifs is 1. The Bertz CT molecular complexity index is 1230. The van der Waals surface area contributed by atoms with E-state index >= 15 is 0 Å². The first-order valence-corrected chi connectivity index (χ1v) is 10.3. The van der Waals surface area contributed by atoms with E-state index in [0.29, 0.717) is 22.7 Å². The third-order valence-electron chi connectivity index (χ3n) is 5.43. The fourth-order valence-corrected chi connectivity index (χ4v) is 3.83. The number of nitrogens with zero attached hydrogens (tertiary/aromatic N) is 5. The molecule has 1 aliphatic heterocycles. The standard InChI is InChI=1S/C23H20F3N5O/c24-23(25,26)18-3-1-2-16(14-18)15-20-28-22-21(27-8-9-31(22)29-20)17-4-6-19(7-5-17)30-10-12-32-13-11-30/h1-9,14H,10-13,15H2. The van der Waals surface area contributed by atoms with E-state index in [9.17, 15) is 13.2 Å². The molecule has 0 radical (unpaired) electrons. The summed E-state index contributed by atoms with van der Waals surface area (Å²) in [5.74, 6) is 0.434. The average Bonchev–Trinajstić information content (AvgIpc) is 3.22. The van der Waals surface area contributed by atoms with Gasteiger partial charge in [0.2, 0.25) is 0 Å². The van der Waals surface area contributed by atoms with Crippen molar-refractivity contribution in [3.63, 3.8) is 0 Å². The van der Waals surface area contributed by atoms with Crippen molar-refractivity contribution in [2.75, 3.05) is 31.2 Å². The Labute approximate surface area is 182 Å². The summed E-state index contributed by atoms with van der Waals surface area (Å²) in [6.45, 7) is 3.15. The van der Waals surface area contributed by atoms with Crippen molar-refractivity contribution >= 4 is 11.3 Å². The van der Waals surface area contributed by atoms with Gasteiger partial charge in [-0.05, 0) is 23.8 Å². The van der Waals surface area contributed by atoms with Gasteiger partial charge in [0.25, 0.3) is 0 Å². The van der Waals surface area contributed by atoms with E-state index < -0.39 is 11.7 Å². The van der Waals surface area contributed by atoms with Gasteiger partial charge in [-0.1, -0.05) is 30.3 Å². The molecular weight excluding hydrogens is 419 g/mol. The van der Waals surface area contributed by atoms with Crippen LogP contribution in [0.3, 0.4) is 0 Å². The van der Waals surface area contributed by atoms with Crippen LogP contribution in [0.4, 0.5) is 18.9 Å². The number of morpholine rings is 1. The van der Waals surface area contributed by atoms with Gasteiger partial charge in [0, 0.05) is 43.2 Å². The molecule has 0 amide bonds. The Hall–Kier alpha value is -3.46. The highest BCUT2D eigenvalue weighted by Crippen LogP contribution is 2.30. The van der Waals surface area contributed by atoms with E-state index in [0.717, 1.165) is 49.7 Å². The lowest BCUT2D eigenvalue weighted by Crippen LogP contribution is -2.36. The van der Waals surface area contributed by atoms with Gasteiger partial charge >= 0.3 is 6.18 Å². The summed E-state index contributed by atoms with van der Waals surface area (Å²) in [5.41, 5.74) is 3.07. The topological polar surface area (TPSA) is 55.5 Å². The molecule has 0 bridgehead atoms. The van der Waals surface area contributed by atoms with E-state index in [1.807, 2.05) is 24.3 Å². The Morgan fingerprint density at radius 3 is 2.53 bits per heavy atom. The number of benzene rings is 2. The molecular formula is C23H20F3N5O. The Morgan fingerprint density at radius 2 is 1.78 bits per heavy atom. The van der Waals surface area contributed by atoms with Gasteiger partial charge in [-0.3, -0.25) is 4.98 Å². The molecule has 2 aromatic heterocycles. The first-order valence-electron chi connectivity index (χ1n) is 10.3. The molecule has 3 heterocycles. The van der Waals surface area contributed by atoms with Crippen LogP contribution in [0.25, 0.3) is 16.9 Å². The molecule has 0 spiro atoms. The smallest absolute Gasteiger partial charge is 0.378 e. The van der Waals surface area contributed by atoms with E-state index in [-0.39, 0.29) is 6.42 Å². The predicted octanol–water partition coefficient (Wildman–Crippen LogP) is 4.24. The minimum atomic E-state index is -4.38. The number of ether oxygens (including phenoxy) is 1. The second kappa shape index (κ2) is 8.23. The van der Waals surface area contributed by atoms with Crippen LogP contribution in [0, 0.1) is 0 Å². The number of alkyl halides is 3. The molecule has 0 N–H and O–H groups in total. The fourth-order valence-electron chi connectivity index (χ4n) is 3.83. The summed E-state index contributed by atoms with van der Waals surface area (Å²) in [6, 6.07) is 13.3. The highest BCUT2D eigenvalue weighted by atomic mass is 19.4. The minimum Gasteiger partial charge on any atom is -0.378 e. The van der Waals surface area contributed by atoms with Crippen LogP contribution in [0.2, 0.25) is 0 Å². The Balaban J connectivity index is 1.42. The number of anilines is 1. The lowest BCUT2D eigenvalue weighted by Gasteiger charge is -2.28. The zero-order valence-corrected chi connectivity index (χ0v) is 17.1. The molecule has 1 saturated heterocycles. The Morgan fingerprint density at radius 1 is 1.00 bits per heavy atom. The molecule has 0 atom stereocenters. The van der Waals surface area contributed by atoms with E-state index in [1.54, 1.807) is 23.0 Å². The van der Waals surface area contributed by atoms with Crippen LogP contribution in [0.1, 0.15) is 17.0 Å². The van der Waals surface area contributed by atoms with Gasteiger partial charge in [0.05, 0.1) is 18.8 Å². The van der Waals surface area contributed by atoms with Crippen LogP contribution in [0.15, 0.2) is 60.9 Å². The third-order valence-corrected chi connectivity index (χ3v) is 5.43. The summed E-state index contributed by atoms with van der Waals surface area (Å²) in [5, 5.41) is 4.44. The summed E-state index contributed by atoms with van der Waals surface area (Å²) in [4.78, 5) is 11.3. The second-order valence-corrected chi connectivity index (χ2v) is 7.59. The van der Waals surface area contributed by atoms with E-state index in [4.69, 9.17) is 4.74 Å². The molecule has 9 heteroatoms. The molecule has 32 heavy (non-hydrogen) atoms. The van der Waals surface area contributed by atoms with Crippen molar-refractivity contribution < 1.29 is 17.9 Å². The van der Waals surface area contributed by atoms with Crippen LogP contribution in [-0.4, -0.2) is 45.9 Å². The van der Waals surface area contributed by atoms with Crippen molar-refractivity contribution in [2.24, 2.45) is 0 Å². The maximum Gasteiger partial charge on any atom is 0.416 e. The molecule has 0 saturated carbocycles. The lowest BCUT2D eigenvalue weighted by atomic mass is 10.1. The highest BCUT2D eigenvalue weighted by Gasteiger charge is 2.30. The third kappa shape index (κ3) is 4.16. The van der Waals surface area contributed by atoms with Crippen molar-refractivity contribution in [2.45, 2.75) is 12.6 Å². The zero-order chi connectivity index (χ0) is 22.1. The lowest BCUT2D eigenvalue weighted by molar-refractivity contribution is -0.137. The SMILES string of the molecule is FC(F)(F)c1cccc(Cc2nc3c(-c4ccc(N5CCOCC5)cc4)nccn3n2)c1. The van der Waals surface area contributed by atoms with Gasteiger partial charge in [0.15, 0.2) is 11.5 Å². The molecule has 2 aromatic carbocycles. The summed E-state index contributed by atoms with van der Waals surface area (Å²) < 4.78 is 46.0. The molecule has 0 unspecified atom stereocenters. The van der Waals surface area contributed by atoms with Crippen LogP contribution < -0.4 is 4.90 Å². The highest BCUT2D eigenvalue weighted by molar-refractivity contribution is 5.74. The van der Waals surface area contributed by atoms with Crippen LogP contribution >= 0.6 is 0 Å². The number of halogens is 3. The molecule has 1 fully saturated rings. The molecule has 4 aromatic rings. The summed E-state index contributed by atoms with van der Waals surface area (Å²) in [7, 11) is 0.